The second kappa shape index (κ2) is 9.25. The first-order chi connectivity index (χ1) is 12.1. The van der Waals surface area contributed by atoms with Gasteiger partial charge in [0.15, 0.2) is 0 Å². The summed E-state index contributed by atoms with van der Waals surface area (Å²) in [5, 5.41) is 4.10. The smallest absolute Gasteiger partial charge is 0.392 e. The van der Waals surface area contributed by atoms with Crippen LogP contribution in [0.15, 0.2) is 23.4 Å². The molecular formula is C17H25F3N2O3S. The fourth-order valence-electron chi connectivity index (χ4n) is 2.28. The molecule has 1 N–H and O–H groups in total. The maximum atomic E-state index is 12.7. The van der Waals surface area contributed by atoms with Crippen molar-refractivity contribution in [3.63, 3.8) is 0 Å². The normalized spacial score (nSPS) is 14.2. The number of aryl methyl sites for hydroxylation is 1. The van der Waals surface area contributed by atoms with Gasteiger partial charge in [-0.3, -0.25) is 4.72 Å². The van der Waals surface area contributed by atoms with E-state index in [0.29, 0.717) is 12.1 Å². The Labute approximate surface area is 152 Å². The van der Waals surface area contributed by atoms with E-state index in [0.717, 1.165) is 24.8 Å². The molecule has 1 rings (SSSR count). The van der Waals surface area contributed by atoms with Crippen LogP contribution in [0.2, 0.25) is 0 Å². The van der Waals surface area contributed by atoms with Crippen molar-refractivity contribution in [1.82, 2.24) is 0 Å². The van der Waals surface area contributed by atoms with Crippen LogP contribution in [0.5, 0.6) is 0 Å². The van der Waals surface area contributed by atoms with Crippen molar-refractivity contribution < 1.29 is 26.4 Å². The molecule has 1 atom stereocenters. The number of hydrogen-bond donors (Lipinski definition) is 1. The first-order valence-corrected chi connectivity index (χ1v) is 9.96. The van der Waals surface area contributed by atoms with Gasteiger partial charge in [-0.1, -0.05) is 44.0 Å². The molecule has 0 aliphatic heterocycles. The monoisotopic (exact) mass is 394 g/mol. The highest BCUT2D eigenvalue weighted by Gasteiger charge is 2.46. The van der Waals surface area contributed by atoms with Crippen LogP contribution in [0.25, 0.3) is 0 Å². The van der Waals surface area contributed by atoms with Gasteiger partial charge in [-0.05, 0) is 38.3 Å². The Bertz CT molecular complexity index is 731. The van der Waals surface area contributed by atoms with Crippen molar-refractivity contribution in [1.29, 1.82) is 0 Å². The molecule has 0 saturated heterocycles. The molecule has 148 valence electrons. The SMILES string of the molecule is CCCC(CC)O/N=C(\CC)c1cc(C)ccc1NS(=O)(=O)C(F)(F)F. The summed E-state index contributed by atoms with van der Waals surface area (Å²) < 4.78 is 62.6. The Hall–Kier alpha value is -1.77. The summed E-state index contributed by atoms with van der Waals surface area (Å²) in [5.41, 5.74) is -4.17. The Kier molecular flexibility index (Phi) is 7.92. The first-order valence-electron chi connectivity index (χ1n) is 8.48. The van der Waals surface area contributed by atoms with Crippen LogP contribution in [0.3, 0.4) is 0 Å². The summed E-state index contributed by atoms with van der Waals surface area (Å²) in [4.78, 5) is 5.52. The number of sulfonamides is 1. The minimum atomic E-state index is -5.52. The number of halogens is 3. The van der Waals surface area contributed by atoms with Gasteiger partial charge in [0, 0.05) is 5.56 Å². The van der Waals surface area contributed by atoms with Gasteiger partial charge in [0.05, 0.1) is 11.4 Å². The molecule has 0 bridgehead atoms. The zero-order valence-corrected chi connectivity index (χ0v) is 16.2. The van der Waals surface area contributed by atoms with E-state index in [1.54, 1.807) is 24.6 Å². The minimum Gasteiger partial charge on any atom is -0.392 e. The molecule has 9 heteroatoms. The Morgan fingerprint density at radius 1 is 1.27 bits per heavy atom. The number of nitrogens with zero attached hydrogens (tertiary/aromatic N) is 1. The summed E-state index contributed by atoms with van der Waals surface area (Å²) in [6.07, 6.45) is 2.74. The van der Waals surface area contributed by atoms with E-state index in [4.69, 9.17) is 4.84 Å². The summed E-state index contributed by atoms with van der Waals surface area (Å²) in [6, 6.07) is 4.40. The molecular weight excluding hydrogens is 369 g/mol. The van der Waals surface area contributed by atoms with Crippen LogP contribution in [-0.4, -0.2) is 25.7 Å². The lowest BCUT2D eigenvalue weighted by Gasteiger charge is -2.17. The predicted molar refractivity (Wildman–Crippen MR) is 96.7 cm³/mol. The van der Waals surface area contributed by atoms with Crippen LogP contribution in [0, 0.1) is 6.92 Å². The quantitative estimate of drug-likeness (QED) is 0.475. The highest BCUT2D eigenvalue weighted by atomic mass is 32.2. The topological polar surface area (TPSA) is 67.8 Å². The van der Waals surface area contributed by atoms with Crippen molar-refractivity contribution in [3.05, 3.63) is 29.3 Å². The van der Waals surface area contributed by atoms with Crippen molar-refractivity contribution in [3.8, 4) is 0 Å². The third-order valence-electron chi connectivity index (χ3n) is 3.75. The van der Waals surface area contributed by atoms with E-state index < -0.39 is 15.5 Å². The lowest BCUT2D eigenvalue weighted by Crippen LogP contribution is -2.30. The molecule has 1 unspecified atom stereocenters. The van der Waals surface area contributed by atoms with Crippen molar-refractivity contribution >= 4 is 21.4 Å². The molecule has 0 aliphatic carbocycles. The number of alkyl halides is 3. The summed E-state index contributed by atoms with van der Waals surface area (Å²) in [5.74, 6) is 0. The number of nitrogens with one attached hydrogen (secondary N) is 1. The van der Waals surface area contributed by atoms with E-state index in [9.17, 15) is 21.6 Å². The zero-order chi connectivity index (χ0) is 20.0. The van der Waals surface area contributed by atoms with Crippen LogP contribution < -0.4 is 4.72 Å². The van der Waals surface area contributed by atoms with Crippen molar-refractivity contribution in [2.75, 3.05) is 4.72 Å². The minimum absolute atomic E-state index is 0.0957. The maximum Gasteiger partial charge on any atom is 0.516 e. The molecule has 0 saturated carbocycles. The van der Waals surface area contributed by atoms with Crippen molar-refractivity contribution in [2.24, 2.45) is 5.16 Å². The highest BCUT2D eigenvalue weighted by Crippen LogP contribution is 2.28. The van der Waals surface area contributed by atoms with Gasteiger partial charge < -0.3 is 4.84 Å². The standard InChI is InChI=1S/C17H25F3N2O3S/c1-5-8-13(6-2)25-21-15(7-3)14-11-12(4)9-10-16(14)22-26(23,24)17(18,19)20/h9-11,13,22H,5-8H2,1-4H3/b21-15+. The third-order valence-corrected chi connectivity index (χ3v) is 4.85. The molecule has 5 nitrogen and oxygen atoms in total. The number of benzene rings is 1. The number of oxime groups is 1. The first kappa shape index (κ1) is 22.3. The van der Waals surface area contributed by atoms with Crippen LogP contribution >= 0.6 is 0 Å². The second-order valence-electron chi connectivity index (χ2n) is 5.92. The van der Waals surface area contributed by atoms with Gasteiger partial charge >= 0.3 is 15.5 Å². The van der Waals surface area contributed by atoms with Gasteiger partial charge in [0.2, 0.25) is 0 Å². The molecule has 26 heavy (non-hydrogen) atoms. The van der Waals surface area contributed by atoms with Crippen LogP contribution in [0.4, 0.5) is 18.9 Å². The second-order valence-corrected chi connectivity index (χ2v) is 7.59. The summed E-state index contributed by atoms with van der Waals surface area (Å²) in [7, 11) is -5.52. The Morgan fingerprint density at radius 3 is 2.42 bits per heavy atom. The van der Waals surface area contributed by atoms with E-state index >= 15 is 0 Å². The van der Waals surface area contributed by atoms with Gasteiger partial charge in [-0.15, -0.1) is 0 Å². The van der Waals surface area contributed by atoms with Crippen molar-refractivity contribution in [2.45, 2.75) is 65.0 Å². The predicted octanol–water partition coefficient (Wildman–Crippen LogP) is 4.97. The summed E-state index contributed by atoms with van der Waals surface area (Å²) >= 11 is 0. The van der Waals surface area contributed by atoms with E-state index in [2.05, 4.69) is 5.16 Å². The van der Waals surface area contributed by atoms with E-state index in [-0.39, 0.29) is 17.4 Å². The van der Waals surface area contributed by atoms with Crippen LogP contribution in [-0.2, 0) is 14.9 Å². The number of rotatable bonds is 9. The molecule has 0 amide bonds. The van der Waals surface area contributed by atoms with Crippen LogP contribution in [0.1, 0.15) is 57.6 Å². The highest BCUT2D eigenvalue weighted by molar-refractivity contribution is 7.93. The lowest BCUT2D eigenvalue weighted by molar-refractivity contribution is -0.0429. The van der Waals surface area contributed by atoms with Gasteiger partial charge in [-0.2, -0.15) is 21.6 Å². The number of hydrogen-bond acceptors (Lipinski definition) is 4. The lowest BCUT2D eigenvalue weighted by atomic mass is 10.0. The number of anilines is 1. The fraction of sp³-hybridized carbons (Fsp3) is 0.588. The molecule has 0 heterocycles. The molecule has 1 aromatic rings. The third kappa shape index (κ3) is 5.89. The fourth-order valence-corrected chi connectivity index (χ4v) is 2.87. The maximum absolute atomic E-state index is 12.7. The molecule has 0 fully saturated rings. The average Bonchev–Trinajstić information content (AvgIpc) is 2.55. The summed E-state index contributed by atoms with van der Waals surface area (Å²) in [6.45, 7) is 7.50. The molecule has 0 radical (unpaired) electrons. The Balaban J connectivity index is 3.26. The molecule has 0 aromatic heterocycles. The Morgan fingerprint density at radius 2 is 1.92 bits per heavy atom. The van der Waals surface area contributed by atoms with E-state index in [1.807, 2.05) is 13.8 Å². The zero-order valence-electron chi connectivity index (χ0n) is 15.4. The van der Waals surface area contributed by atoms with Gasteiger partial charge in [-0.25, -0.2) is 0 Å². The van der Waals surface area contributed by atoms with Gasteiger partial charge in [0.1, 0.15) is 6.10 Å². The molecule has 0 spiro atoms. The molecule has 1 aromatic carbocycles. The van der Waals surface area contributed by atoms with Gasteiger partial charge in [0.25, 0.3) is 0 Å². The molecule has 0 aliphatic rings. The largest absolute Gasteiger partial charge is 0.516 e. The average molecular weight is 394 g/mol. The van der Waals surface area contributed by atoms with E-state index in [1.165, 1.54) is 12.1 Å².